The zero-order chi connectivity index (χ0) is 14.7. The third kappa shape index (κ3) is 3.47. The van der Waals surface area contributed by atoms with Gasteiger partial charge < -0.3 is 4.74 Å². The maximum Gasteiger partial charge on any atom is 0.358 e. The molecule has 3 rings (SSSR count). The molecule has 0 bridgehead atoms. The van der Waals surface area contributed by atoms with Crippen molar-refractivity contribution >= 4 is 17.3 Å². The Morgan fingerprint density at radius 2 is 1.90 bits per heavy atom. The number of benzene rings is 1. The molecule has 0 atom stereocenters. The molecule has 3 nitrogen and oxygen atoms in total. The van der Waals surface area contributed by atoms with Crippen molar-refractivity contribution in [3.8, 4) is 10.6 Å². The van der Waals surface area contributed by atoms with Crippen molar-refractivity contribution in [2.45, 2.75) is 38.2 Å². The lowest BCUT2D eigenvalue weighted by molar-refractivity contribution is 0.0205. The largest absolute Gasteiger partial charge is 0.458 e. The third-order valence-corrected chi connectivity index (χ3v) is 4.52. The van der Waals surface area contributed by atoms with Gasteiger partial charge in [-0.15, -0.1) is 11.3 Å². The van der Waals surface area contributed by atoms with E-state index in [1.54, 1.807) is 17.5 Å². The Hall–Kier alpha value is -1.75. The molecule has 21 heavy (non-hydrogen) atoms. The standard InChI is InChI=1S/C16H16FNO2S/c17-12-8-6-11(7-9-12)15-18-14(10-21-15)16(19)20-13-4-2-1-3-5-13/h6-10,13H,1-5H2. The molecule has 1 heterocycles. The maximum atomic E-state index is 12.9. The molecular formula is C16H16FNO2S. The summed E-state index contributed by atoms with van der Waals surface area (Å²) in [5.74, 6) is -0.640. The number of rotatable bonds is 3. The lowest BCUT2D eigenvalue weighted by Gasteiger charge is -2.21. The number of ether oxygens (including phenoxy) is 1. The fourth-order valence-corrected chi connectivity index (χ4v) is 3.28. The van der Waals surface area contributed by atoms with Gasteiger partial charge in [0.15, 0.2) is 5.69 Å². The van der Waals surface area contributed by atoms with Gasteiger partial charge in [-0.2, -0.15) is 0 Å². The van der Waals surface area contributed by atoms with Gasteiger partial charge in [0, 0.05) is 10.9 Å². The van der Waals surface area contributed by atoms with Crippen LogP contribution in [0.25, 0.3) is 10.6 Å². The predicted octanol–water partition coefficient (Wildman–Crippen LogP) is 4.44. The fourth-order valence-electron chi connectivity index (χ4n) is 2.49. The SMILES string of the molecule is O=C(OC1CCCCC1)c1csc(-c2ccc(F)cc2)n1. The molecule has 110 valence electrons. The minimum Gasteiger partial charge on any atom is -0.458 e. The Morgan fingerprint density at radius 3 is 2.62 bits per heavy atom. The van der Waals surface area contributed by atoms with Crippen LogP contribution in [-0.2, 0) is 4.74 Å². The number of carbonyl (C=O) groups is 1. The van der Waals surface area contributed by atoms with Crippen molar-refractivity contribution < 1.29 is 13.9 Å². The Bertz CT molecular complexity index is 617. The number of thiazole rings is 1. The second-order valence-corrected chi connectivity index (χ2v) is 6.07. The highest BCUT2D eigenvalue weighted by Gasteiger charge is 2.20. The number of nitrogens with zero attached hydrogens (tertiary/aromatic N) is 1. The smallest absolute Gasteiger partial charge is 0.358 e. The van der Waals surface area contributed by atoms with Crippen LogP contribution >= 0.6 is 11.3 Å². The minimum absolute atomic E-state index is 0.0298. The molecule has 0 saturated heterocycles. The first-order valence-electron chi connectivity index (χ1n) is 7.15. The van der Waals surface area contributed by atoms with Crippen molar-refractivity contribution in [1.82, 2.24) is 4.98 Å². The summed E-state index contributed by atoms with van der Waals surface area (Å²) in [6.07, 6.45) is 5.38. The van der Waals surface area contributed by atoms with Crippen LogP contribution in [0, 0.1) is 5.82 Å². The van der Waals surface area contributed by atoms with E-state index in [4.69, 9.17) is 4.74 Å². The number of aromatic nitrogens is 1. The van der Waals surface area contributed by atoms with E-state index in [2.05, 4.69) is 4.98 Å². The first kappa shape index (κ1) is 14.2. The molecule has 1 saturated carbocycles. The van der Waals surface area contributed by atoms with Crippen LogP contribution in [0.4, 0.5) is 4.39 Å². The normalized spacial score (nSPS) is 15.9. The second-order valence-electron chi connectivity index (χ2n) is 5.21. The van der Waals surface area contributed by atoms with Gasteiger partial charge in [-0.05, 0) is 49.9 Å². The van der Waals surface area contributed by atoms with Gasteiger partial charge in [0.1, 0.15) is 16.9 Å². The Morgan fingerprint density at radius 1 is 1.19 bits per heavy atom. The molecule has 0 unspecified atom stereocenters. The molecule has 2 aromatic rings. The molecule has 5 heteroatoms. The zero-order valence-electron chi connectivity index (χ0n) is 11.5. The summed E-state index contributed by atoms with van der Waals surface area (Å²) in [5.41, 5.74) is 1.14. The van der Waals surface area contributed by atoms with Gasteiger partial charge >= 0.3 is 5.97 Å². The first-order chi connectivity index (χ1) is 10.2. The summed E-state index contributed by atoms with van der Waals surface area (Å²) in [6.45, 7) is 0. The van der Waals surface area contributed by atoms with Gasteiger partial charge in [-0.3, -0.25) is 0 Å². The topological polar surface area (TPSA) is 39.2 Å². The second kappa shape index (κ2) is 6.35. The highest BCUT2D eigenvalue weighted by atomic mass is 32.1. The molecule has 0 aliphatic heterocycles. The van der Waals surface area contributed by atoms with Gasteiger partial charge in [-0.25, -0.2) is 14.2 Å². The molecule has 0 spiro atoms. The Balaban J connectivity index is 1.69. The highest BCUT2D eigenvalue weighted by molar-refractivity contribution is 7.13. The summed E-state index contributed by atoms with van der Waals surface area (Å²) in [6, 6.07) is 6.09. The van der Waals surface area contributed by atoms with E-state index >= 15 is 0 Å². The van der Waals surface area contributed by atoms with Crippen molar-refractivity contribution in [1.29, 1.82) is 0 Å². The third-order valence-electron chi connectivity index (χ3n) is 3.63. The van der Waals surface area contributed by atoms with Crippen LogP contribution < -0.4 is 0 Å². The molecular weight excluding hydrogens is 289 g/mol. The molecule has 1 aromatic heterocycles. The highest BCUT2D eigenvalue weighted by Crippen LogP contribution is 2.26. The summed E-state index contributed by atoms with van der Waals surface area (Å²) in [4.78, 5) is 16.4. The average molecular weight is 305 g/mol. The Kier molecular flexibility index (Phi) is 4.29. The molecule has 1 fully saturated rings. The number of halogens is 1. The molecule has 0 N–H and O–H groups in total. The van der Waals surface area contributed by atoms with E-state index in [0.29, 0.717) is 10.7 Å². The maximum absolute atomic E-state index is 12.9. The summed E-state index contributed by atoms with van der Waals surface area (Å²) in [7, 11) is 0. The van der Waals surface area contributed by atoms with Crippen molar-refractivity contribution in [3.05, 3.63) is 41.2 Å². The number of esters is 1. The number of hydrogen-bond acceptors (Lipinski definition) is 4. The molecule has 0 radical (unpaired) electrons. The van der Waals surface area contributed by atoms with Crippen molar-refractivity contribution in [2.75, 3.05) is 0 Å². The molecule has 1 aliphatic carbocycles. The van der Waals surface area contributed by atoms with Crippen LogP contribution in [0.5, 0.6) is 0 Å². The quantitative estimate of drug-likeness (QED) is 0.787. The summed E-state index contributed by atoms with van der Waals surface area (Å²) in [5, 5.41) is 2.40. The fraction of sp³-hybridized carbons (Fsp3) is 0.375. The van der Waals surface area contributed by atoms with E-state index in [-0.39, 0.29) is 17.9 Å². The van der Waals surface area contributed by atoms with Gasteiger partial charge in [-0.1, -0.05) is 6.42 Å². The van der Waals surface area contributed by atoms with Gasteiger partial charge in [0.25, 0.3) is 0 Å². The summed E-state index contributed by atoms with van der Waals surface area (Å²) < 4.78 is 18.4. The van der Waals surface area contributed by atoms with Crippen molar-refractivity contribution in [2.24, 2.45) is 0 Å². The van der Waals surface area contributed by atoms with Crippen LogP contribution in [0.3, 0.4) is 0 Å². The zero-order valence-corrected chi connectivity index (χ0v) is 12.4. The Labute approximate surface area is 126 Å². The first-order valence-corrected chi connectivity index (χ1v) is 8.03. The number of carbonyl (C=O) groups excluding carboxylic acids is 1. The monoisotopic (exact) mass is 305 g/mol. The predicted molar refractivity (Wildman–Crippen MR) is 79.8 cm³/mol. The van der Waals surface area contributed by atoms with Crippen LogP contribution in [0.1, 0.15) is 42.6 Å². The molecule has 1 aromatic carbocycles. The summed E-state index contributed by atoms with van der Waals surface area (Å²) >= 11 is 1.36. The van der Waals surface area contributed by atoms with E-state index in [1.165, 1.54) is 29.9 Å². The number of hydrogen-bond donors (Lipinski definition) is 0. The van der Waals surface area contributed by atoms with Crippen LogP contribution in [-0.4, -0.2) is 17.1 Å². The van der Waals surface area contributed by atoms with E-state index in [9.17, 15) is 9.18 Å². The van der Waals surface area contributed by atoms with Crippen LogP contribution in [0.15, 0.2) is 29.6 Å². The molecule has 0 amide bonds. The van der Waals surface area contributed by atoms with Gasteiger partial charge in [0.2, 0.25) is 0 Å². The van der Waals surface area contributed by atoms with E-state index in [0.717, 1.165) is 31.2 Å². The average Bonchev–Trinajstić information content (AvgIpc) is 2.99. The van der Waals surface area contributed by atoms with Crippen molar-refractivity contribution in [3.63, 3.8) is 0 Å². The van der Waals surface area contributed by atoms with E-state index < -0.39 is 0 Å². The van der Waals surface area contributed by atoms with Gasteiger partial charge in [0.05, 0.1) is 0 Å². The lowest BCUT2D eigenvalue weighted by atomic mass is 9.98. The lowest BCUT2D eigenvalue weighted by Crippen LogP contribution is -2.21. The van der Waals surface area contributed by atoms with E-state index in [1.807, 2.05) is 0 Å². The van der Waals surface area contributed by atoms with Crippen LogP contribution in [0.2, 0.25) is 0 Å². The molecule has 1 aliphatic rings. The minimum atomic E-state index is -0.355.